The van der Waals surface area contributed by atoms with Crippen molar-refractivity contribution in [3.8, 4) is 0 Å². The number of aromatic nitrogens is 2. The molecule has 0 bridgehead atoms. The average Bonchev–Trinajstić information content (AvgIpc) is 2.49. The molecule has 1 heterocycles. The minimum Gasteiger partial charge on any atom is -0.369 e. The maximum atomic E-state index is 12.3. The van der Waals surface area contributed by atoms with Gasteiger partial charge in [0.2, 0.25) is 0 Å². The van der Waals surface area contributed by atoms with Gasteiger partial charge in [-0.25, -0.2) is 8.42 Å². The largest absolute Gasteiger partial charge is 0.369 e. The number of rotatable bonds is 7. The highest BCUT2D eigenvalue weighted by molar-refractivity contribution is 7.92. The Labute approximate surface area is 131 Å². The van der Waals surface area contributed by atoms with Gasteiger partial charge in [0.05, 0.1) is 4.90 Å². The first-order chi connectivity index (χ1) is 10.5. The van der Waals surface area contributed by atoms with Crippen molar-refractivity contribution in [3.63, 3.8) is 0 Å². The van der Waals surface area contributed by atoms with Crippen molar-refractivity contribution in [1.82, 2.24) is 10.2 Å². The van der Waals surface area contributed by atoms with Gasteiger partial charge in [0.1, 0.15) is 5.82 Å². The Morgan fingerprint density at radius 3 is 2.45 bits per heavy atom. The van der Waals surface area contributed by atoms with Gasteiger partial charge in [0.25, 0.3) is 10.0 Å². The highest BCUT2D eigenvalue weighted by Gasteiger charge is 2.15. The van der Waals surface area contributed by atoms with Crippen LogP contribution in [-0.2, 0) is 10.0 Å². The van der Waals surface area contributed by atoms with Gasteiger partial charge in [0.15, 0.2) is 5.82 Å². The molecule has 0 radical (unpaired) electrons. The summed E-state index contributed by atoms with van der Waals surface area (Å²) in [7, 11) is -3.64. The van der Waals surface area contributed by atoms with Gasteiger partial charge < -0.3 is 5.32 Å². The predicted molar refractivity (Wildman–Crippen MR) is 87.4 cm³/mol. The topological polar surface area (TPSA) is 84.0 Å². The van der Waals surface area contributed by atoms with Crippen LogP contribution >= 0.6 is 0 Å². The van der Waals surface area contributed by atoms with Gasteiger partial charge >= 0.3 is 0 Å². The van der Waals surface area contributed by atoms with Crippen LogP contribution in [0, 0.1) is 6.92 Å². The SMILES string of the molecule is CCCCNc1ccc(NS(=O)(=O)c2cccc(C)c2)nn1. The van der Waals surface area contributed by atoms with Gasteiger partial charge in [-0.1, -0.05) is 25.5 Å². The lowest BCUT2D eigenvalue weighted by molar-refractivity contribution is 0.601. The molecule has 6 nitrogen and oxygen atoms in total. The third-order valence-electron chi connectivity index (χ3n) is 3.04. The van der Waals surface area contributed by atoms with Crippen LogP contribution in [0.15, 0.2) is 41.3 Å². The van der Waals surface area contributed by atoms with Gasteiger partial charge in [0, 0.05) is 6.54 Å². The third-order valence-corrected chi connectivity index (χ3v) is 4.39. The lowest BCUT2D eigenvalue weighted by atomic mass is 10.2. The van der Waals surface area contributed by atoms with Crippen LogP contribution in [0.5, 0.6) is 0 Å². The molecule has 0 spiro atoms. The second-order valence-electron chi connectivity index (χ2n) is 5.01. The fourth-order valence-electron chi connectivity index (χ4n) is 1.85. The molecule has 2 N–H and O–H groups in total. The average molecular weight is 320 g/mol. The van der Waals surface area contributed by atoms with Crippen molar-refractivity contribution < 1.29 is 8.42 Å². The summed E-state index contributed by atoms with van der Waals surface area (Å²) < 4.78 is 26.9. The summed E-state index contributed by atoms with van der Waals surface area (Å²) in [5, 5.41) is 11.0. The van der Waals surface area contributed by atoms with E-state index in [0.717, 1.165) is 24.9 Å². The van der Waals surface area contributed by atoms with Crippen LogP contribution in [0.1, 0.15) is 25.3 Å². The second kappa shape index (κ2) is 7.22. The van der Waals surface area contributed by atoms with Crippen molar-refractivity contribution in [2.24, 2.45) is 0 Å². The first-order valence-electron chi connectivity index (χ1n) is 7.18. The van der Waals surface area contributed by atoms with E-state index in [9.17, 15) is 8.42 Å². The molecule has 1 aromatic carbocycles. The molecule has 0 atom stereocenters. The van der Waals surface area contributed by atoms with Crippen LogP contribution < -0.4 is 10.0 Å². The summed E-state index contributed by atoms with van der Waals surface area (Å²) in [5.74, 6) is 0.828. The van der Waals surface area contributed by atoms with Crippen LogP contribution in [0.2, 0.25) is 0 Å². The minimum absolute atomic E-state index is 0.197. The van der Waals surface area contributed by atoms with Crippen LogP contribution in [0.4, 0.5) is 11.6 Å². The molecule has 118 valence electrons. The number of sulfonamides is 1. The molecule has 0 aliphatic rings. The Bertz CT molecular complexity index is 715. The van der Waals surface area contributed by atoms with E-state index in [1.54, 1.807) is 30.3 Å². The van der Waals surface area contributed by atoms with E-state index in [0.29, 0.717) is 5.82 Å². The molecular weight excluding hydrogens is 300 g/mol. The zero-order chi connectivity index (χ0) is 16.0. The Morgan fingerprint density at radius 2 is 1.82 bits per heavy atom. The van der Waals surface area contributed by atoms with Crippen molar-refractivity contribution >= 4 is 21.7 Å². The summed E-state index contributed by atoms with van der Waals surface area (Å²) >= 11 is 0. The Balaban J connectivity index is 2.06. The molecular formula is C15H20N4O2S. The van der Waals surface area contributed by atoms with E-state index in [4.69, 9.17) is 0 Å². The lowest BCUT2D eigenvalue weighted by Gasteiger charge is -2.08. The molecule has 0 unspecified atom stereocenters. The van der Waals surface area contributed by atoms with E-state index in [1.165, 1.54) is 0 Å². The molecule has 0 amide bonds. The molecule has 0 aliphatic heterocycles. The maximum absolute atomic E-state index is 12.3. The number of benzene rings is 1. The van der Waals surface area contributed by atoms with E-state index >= 15 is 0 Å². The highest BCUT2D eigenvalue weighted by Crippen LogP contribution is 2.15. The number of anilines is 2. The summed E-state index contributed by atoms with van der Waals surface area (Å²) in [5.41, 5.74) is 0.879. The van der Waals surface area contributed by atoms with Crippen LogP contribution in [-0.4, -0.2) is 25.2 Å². The van der Waals surface area contributed by atoms with Crippen molar-refractivity contribution in [1.29, 1.82) is 0 Å². The monoisotopic (exact) mass is 320 g/mol. The normalized spacial score (nSPS) is 11.2. The van der Waals surface area contributed by atoms with E-state index < -0.39 is 10.0 Å². The Morgan fingerprint density at radius 1 is 1.09 bits per heavy atom. The Kier molecular flexibility index (Phi) is 5.32. The standard InChI is InChI=1S/C15H20N4O2S/c1-3-4-10-16-14-8-9-15(18-17-14)19-22(20,21)13-7-5-6-12(2)11-13/h5-9,11H,3-4,10H2,1-2H3,(H,16,17)(H,18,19). The number of nitrogens with one attached hydrogen (secondary N) is 2. The molecule has 2 aromatic rings. The van der Waals surface area contributed by atoms with Crippen molar-refractivity contribution in [3.05, 3.63) is 42.0 Å². The van der Waals surface area contributed by atoms with E-state index in [2.05, 4.69) is 27.2 Å². The quantitative estimate of drug-likeness (QED) is 0.766. The molecule has 2 rings (SSSR count). The highest BCUT2D eigenvalue weighted by atomic mass is 32.2. The summed E-state index contributed by atoms with van der Waals surface area (Å²) in [6, 6.07) is 10.00. The smallest absolute Gasteiger partial charge is 0.263 e. The number of nitrogens with zero attached hydrogens (tertiary/aromatic N) is 2. The summed E-state index contributed by atoms with van der Waals surface area (Å²) in [6.45, 7) is 4.77. The van der Waals surface area contributed by atoms with Gasteiger partial charge in [-0.05, 0) is 43.2 Å². The van der Waals surface area contributed by atoms with Gasteiger partial charge in [-0.3, -0.25) is 4.72 Å². The number of hydrogen-bond acceptors (Lipinski definition) is 5. The molecule has 0 saturated heterocycles. The predicted octanol–water partition coefficient (Wildman–Crippen LogP) is 2.80. The summed E-state index contributed by atoms with van der Waals surface area (Å²) in [4.78, 5) is 0.208. The minimum atomic E-state index is -3.64. The molecule has 0 fully saturated rings. The molecule has 7 heteroatoms. The van der Waals surface area contributed by atoms with Gasteiger partial charge in [-0.2, -0.15) is 0 Å². The molecule has 0 aliphatic carbocycles. The first kappa shape index (κ1) is 16.2. The lowest BCUT2D eigenvalue weighted by Crippen LogP contribution is -2.14. The zero-order valence-electron chi connectivity index (χ0n) is 12.7. The van der Waals surface area contributed by atoms with Crippen molar-refractivity contribution in [2.45, 2.75) is 31.6 Å². The molecule has 1 aromatic heterocycles. The first-order valence-corrected chi connectivity index (χ1v) is 8.66. The third kappa shape index (κ3) is 4.42. The van der Waals surface area contributed by atoms with E-state index in [-0.39, 0.29) is 10.7 Å². The van der Waals surface area contributed by atoms with Crippen molar-refractivity contribution in [2.75, 3.05) is 16.6 Å². The Hall–Kier alpha value is -2.15. The molecule has 0 saturated carbocycles. The second-order valence-corrected chi connectivity index (χ2v) is 6.69. The maximum Gasteiger partial charge on any atom is 0.263 e. The van der Waals surface area contributed by atoms with Crippen LogP contribution in [0.3, 0.4) is 0 Å². The number of hydrogen-bond donors (Lipinski definition) is 2. The number of unbranched alkanes of at least 4 members (excludes halogenated alkanes) is 1. The van der Waals surface area contributed by atoms with Crippen LogP contribution in [0.25, 0.3) is 0 Å². The fraction of sp³-hybridized carbons (Fsp3) is 0.333. The zero-order valence-corrected chi connectivity index (χ0v) is 13.5. The van der Waals surface area contributed by atoms with E-state index in [1.807, 2.05) is 13.0 Å². The molecule has 22 heavy (non-hydrogen) atoms. The number of aryl methyl sites for hydroxylation is 1. The fourth-order valence-corrected chi connectivity index (χ4v) is 2.95. The van der Waals surface area contributed by atoms with Gasteiger partial charge in [-0.15, -0.1) is 10.2 Å². The summed E-state index contributed by atoms with van der Waals surface area (Å²) in [6.07, 6.45) is 2.14.